The minimum Gasteiger partial charge on any atom is -0.392 e. The molecular formula is C8H17NO. The van der Waals surface area contributed by atoms with Gasteiger partial charge in [-0.2, -0.15) is 0 Å². The quantitative estimate of drug-likeness (QED) is 0.602. The first kappa shape index (κ1) is 8.02. The number of hydrogen-bond donors (Lipinski definition) is 2. The van der Waals surface area contributed by atoms with Crippen molar-refractivity contribution < 1.29 is 5.11 Å². The lowest BCUT2D eigenvalue weighted by atomic mass is 9.99. The summed E-state index contributed by atoms with van der Waals surface area (Å²) in [6, 6.07) is 0.674. The molecule has 2 unspecified atom stereocenters. The van der Waals surface area contributed by atoms with Crippen molar-refractivity contribution in [3.63, 3.8) is 0 Å². The number of β-amino-alcohol motifs (C(OH)–C–C–N with tert-alkyl or cyclic N) is 1. The molecule has 1 saturated heterocycles. The van der Waals surface area contributed by atoms with E-state index in [1.165, 1.54) is 12.8 Å². The molecule has 1 heterocycles. The van der Waals surface area contributed by atoms with Crippen LogP contribution >= 0.6 is 0 Å². The van der Waals surface area contributed by atoms with E-state index in [-0.39, 0.29) is 6.10 Å². The van der Waals surface area contributed by atoms with Crippen LogP contribution in [-0.4, -0.2) is 23.8 Å². The summed E-state index contributed by atoms with van der Waals surface area (Å²) in [6.45, 7) is 3.00. The fraction of sp³-hybridized carbons (Fsp3) is 1.00. The normalized spacial score (nSPS) is 34.2. The van der Waals surface area contributed by atoms with E-state index in [2.05, 4.69) is 12.2 Å². The van der Waals surface area contributed by atoms with Gasteiger partial charge >= 0.3 is 0 Å². The number of piperidine rings is 1. The molecule has 2 heteroatoms. The number of aliphatic hydroxyl groups excluding tert-OH is 1. The Hall–Kier alpha value is -0.0800. The summed E-state index contributed by atoms with van der Waals surface area (Å²) in [4.78, 5) is 0. The minimum absolute atomic E-state index is 0.0897. The van der Waals surface area contributed by atoms with Crippen LogP contribution in [0.1, 0.15) is 32.6 Å². The Morgan fingerprint density at radius 3 is 2.80 bits per heavy atom. The Bertz CT molecular complexity index is 87.3. The predicted molar refractivity (Wildman–Crippen MR) is 41.9 cm³/mol. The topological polar surface area (TPSA) is 32.3 Å². The zero-order chi connectivity index (χ0) is 7.40. The Kier molecular flexibility index (Phi) is 3.16. The van der Waals surface area contributed by atoms with Crippen LogP contribution in [0.2, 0.25) is 0 Å². The molecule has 1 fully saturated rings. The lowest BCUT2D eigenvalue weighted by Gasteiger charge is -2.26. The van der Waals surface area contributed by atoms with Crippen LogP contribution in [0.5, 0.6) is 0 Å². The molecule has 0 radical (unpaired) electrons. The van der Waals surface area contributed by atoms with Gasteiger partial charge in [-0.25, -0.2) is 0 Å². The SMILES string of the molecule is CCCC1CCC(O)CN1. The second-order valence-electron chi connectivity index (χ2n) is 3.13. The molecule has 60 valence electrons. The van der Waals surface area contributed by atoms with Crippen LogP contribution in [-0.2, 0) is 0 Å². The van der Waals surface area contributed by atoms with Gasteiger partial charge in [-0.15, -0.1) is 0 Å². The van der Waals surface area contributed by atoms with Crippen LogP contribution < -0.4 is 5.32 Å². The average Bonchev–Trinajstić information content (AvgIpc) is 1.95. The second-order valence-corrected chi connectivity index (χ2v) is 3.13. The molecule has 10 heavy (non-hydrogen) atoms. The van der Waals surface area contributed by atoms with Crippen LogP contribution in [0.4, 0.5) is 0 Å². The van der Waals surface area contributed by atoms with Gasteiger partial charge in [0.15, 0.2) is 0 Å². The monoisotopic (exact) mass is 143 g/mol. The second kappa shape index (κ2) is 3.94. The Morgan fingerprint density at radius 2 is 2.30 bits per heavy atom. The molecule has 2 nitrogen and oxygen atoms in total. The molecule has 0 aromatic rings. The zero-order valence-corrected chi connectivity index (χ0v) is 6.64. The van der Waals surface area contributed by atoms with Crippen molar-refractivity contribution in [1.29, 1.82) is 0 Å². The van der Waals surface area contributed by atoms with Gasteiger partial charge in [-0.3, -0.25) is 0 Å². The lowest BCUT2D eigenvalue weighted by molar-refractivity contribution is 0.124. The number of rotatable bonds is 2. The maximum Gasteiger partial charge on any atom is 0.0665 e. The molecule has 1 aliphatic rings. The summed E-state index contributed by atoms with van der Waals surface area (Å²) in [5.41, 5.74) is 0. The van der Waals surface area contributed by atoms with Gasteiger partial charge in [-0.1, -0.05) is 13.3 Å². The van der Waals surface area contributed by atoms with E-state index in [0.29, 0.717) is 6.04 Å². The molecule has 2 atom stereocenters. The van der Waals surface area contributed by atoms with Crippen LogP contribution in [0.25, 0.3) is 0 Å². The van der Waals surface area contributed by atoms with E-state index in [1.54, 1.807) is 0 Å². The van der Waals surface area contributed by atoms with Crippen LogP contribution in [0.3, 0.4) is 0 Å². The fourth-order valence-corrected chi connectivity index (χ4v) is 1.50. The highest BCUT2D eigenvalue weighted by Crippen LogP contribution is 2.11. The van der Waals surface area contributed by atoms with Crippen molar-refractivity contribution >= 4 is 0 Å². The summed E-state index contributed by atoms with van der Waals surface area (Å²) >= 11 is 0. The molecule has 0 aliphatic carbocycles. The van der Waals surface area contributed by atoms with E-state index in [9.17, 15) is 0 Å². The minimum atomic E-state index is -0.0897. The van der Waals surface area contributed by atoms with Crippen molar-refractivity contribution in [2.45, 2.75) is 44.8 Å². The molecule has 0 bridgehead atoms. The summed E-state index contributed by atoms with van der Waals surface area (Å²) in [5.74, 6) is 0. The molecule has 0 spiro atoms. The first-order chi connectivity index (χ1) is 4.83. The Balaban J connectivity index is 2.13. The molecule has 0 saturated carbocycles. The first-order valence-corrected chi connectivity index (χ1v) is 4.24. The van der Waals surface area contributed by atoms with Crippen molar-refractivity contribution in [2.24, 2.45) is 0 Å². The molecule has 2 N–H and O–H groups in total. The van der Waals surface area contributed by atoms with Gasteiger partial charge in [0.05, 0.1) is 6.10 Å². The molecular weight excluding hydrogens is 126 g/mol. The lowest BCUT2D eigenvalue weighted by Crippen LogP contribution is -2.41. The summed E-state index contributed by atoms with van der Waals surface area (Å²) in [6.07, 6.45) is 4.54. The first-order valence-electron chi connectivity index (χ1n) is 4.24. The largest absolute Gasteiger partial charge is 0.392 e. The third kappa shape index (κ3) is 2.27. The van der Waals surface area contributed by atoms with E-state index < -0.39 is 0 Å². The van der Waals surface area contributed by atoms with E-state index in [1.807, 2.05) is 0 Å². The zero-order valence-electron chi connectivity index (χ0n) is 6.64. The molecule has 1 rings (SSSR count). The van der Waals surface area contributed by atoms with Crippen molar-refractivity contribution in [1.82, 2.24) is 5.32 Å². The Labute approximate surface area is 62.6 Å². The maximum atomic E-state index is 9.13. The van der Waals surface area contributed by atoms with Crippen LogP contribution in [0, 0.1) is 0 Å². The number of nitrogens with one attached hydrogen (secondary N) is 1. The van der Waals surface area contributed by atoms with Gasteiger partial charge in [0.2, 0.25) is 0 Å². The van der Waals surface area contributed by atoms with E-state index in [0.717, 1.165) is 19.4 Å². The maximum absolute atomic E-state index is 9.13. The smallest absolute Gasteiger partial charge is 0.0665 e. The molecule has 1 aliphatic heterocycles. The summed E-state index contributed by atoms with van der Waals surface area (Å²) in [5, 5.41) is 12.5. The third-order valence-electron chi connectivity index (χ3n) is 2.13. The predicted octanol–water partition coefficient (Wildman–Crippen LogP) is 0.899. The van der Waals surface area contributed by atoms with Gasteiger partial charge in [-0.05, 0) is 19.3 Å². The standard InChI is InChI=1S/C8H17NO/c1-2-3-7-4-5-8(10)6-9-7/h7-10H,2-6H2,1H3. The number of aliphatic hydroxyl groups is 1. The van der Waals surface area contributed by atoms with Crippen LogP contribution in [0.15, 0.2) is 0 Å². The van der Waals surface area contributed by atoms with Gasteiger partial charge < -0.3 is 10.4 Å². The fourth-order valence-electron chi connectivity index (χ4n) is 1.50. The third-order valence-corrected chi connectivity index (χ3v) is 2.13. The highest BCUT2D eigenvalue weighted by atomic mass is 16.3. The van der Waals surface area contributed by atoms with E-state index >= 15 is 0 Å². The average molecular weight is 143 g/mol. The summed E-state index contributed by atoms with van der Waals surface area (Å²) in [7, 11) is 0. The molecule has 0 aromatic heterocycles. The Morgan fingerprint density at radius 1 is 1.50 bits per heavy atom. The van der Waals surface area contributed by atoms with Gasteiger partial charge in [0.1, 0.15) is 0 Å². The van der Waals surface area contributed by atoms with E-state index in [4.69, 9.17) is 5.11 Å². The van der Waals surface area contributed by atoms with Crippen molar-refractivity contribution in [3.8, 4) is 0 Å². The van der Waals surface area contributed by atoms with Gasteiger partial charge in [0, 0.05) is 12.6 Å². The highest BCUT2D eigenvalue weighted by Gasteiger charge is 2.16. The summed E-state index contributed by atoms with van der Waals surface area (Å²) < 4.78 is 0. The molecule has 0 aromatic carbocycles. The van der Waals surface area contributed by atoms with Crippen molar-refractivity contribution in [3.05, 3.63) is 0 Å². The number of hydrogen-bond acceptors (Lipinski definition) is 2. The highest BCUT2D eigenvalue weighted by molar-refractivity contribution is 4.76. The van der Waals surface area contributed by atoms with Crippen molar-refractivity contribution in [2.75, 3.05) is 6.54 Å². The van der Waals surface area contributed by atoms with Gasteiger partial charge in [0.25, 0.3) is 0 Å². The molecule has 0 amide bonds.